The molecule has 0 bridgehead atoms. The number of nitrogens with zero attached hydrogens (tertiary/aromatic N) is 1. The summed E-state index contributed by atoms with van der Waals surface area (Å²) in [7, 11) is 3.32. The van der Waals surface area contributed by atoms with Crippen molar-refractivity contribution in [2.75, 3.05) is 20.8 Å². The summed E-state index contributed by atoms with van der Waals surface area (Å²) in [6.45, 7) is 2.48. The molecule has 0 amide bonds. The third-order valence-electron chi connectivity index (χ3n) is 4.36. The topological polar surface area (TPSA) is 40.0 Å². The molecule has 148 valence electrons. The van der Waals surface area contributed by atoms with Crippen LogP contribution in [0.25, 0.3) is 5.57 Å². The average Bonchev–Trinajstić information content (AvgIpc) is 2.78. The van der Waals surface area contributed by atoms with Crippen LogP contribution in [0, 0.1) is 0 Å². The van der Waals surface area contributed by atoms with Crippen molar-refractivity contribution in [3.05, 3.63) is 96.1 Å². The lowest BCUT2D eigenvalue weighted by Gasteiger charge is -2.12. The van der Waals surface area contributed by atoms with Crippen LogP contribution in [0.3, 0.4) is 0 Å². The molecule has 4 nitrogen and oxygen atoms in total. The summed E-state index contributed by atoms with van der Waals surface area (Å²) in [5.74, 6) is 2.18. The summed E-state index contributed by atoms with van der Waals surface area (Å²) >= 11 is 0. The van der Waals surface area contributed by atoms with Gasteiger partial charge in [-0.25, -0.2) is 4.99 Å². The van der Waals surface area contributed by atoms with Crippen LogP contribution >= 0.6 is 0 Å². The second-order valence-corrected chi connectivity index (χ2v) is 6.23. The molecule has 0 saturated heterocycles. The molecule has 0 saturated carbocycles. The van der Waals surface area contributed by atoms with Crippen molar-refractivity contribution in [1.82, 2.24) is 0 Å². The number of benzene rings is 3. The second-order valence-electron chi connectivity index (χ2n) is 6.23. The van der Waals surface area contributed by atoms with Crippen molar-refractivity contribution in [2.45, 2.75) is 6.92 Å². The first-order valence-electron chi connectivity index (χ1n) is 9.50. The Bertz CT molecular complexity index is 910. The minimum atomic E-state index is 0.528. The highest BCUT2D eigenvalue weighted by molar-refractivity contribution is 6.00. The van der Waals surface area contributed by atoms with Crippen LogP contribution in [0.2, 0.25) is 0 Å². The predicted molar refractivity (Wildman–Crippen MR) is 118 cm³/mol. The zero-order valence-corrected chi connectivity index (χ0v) is 17.0. The molecule has 0 spiro atoms. The molecule has 0 aliphatic carbocycles. The van der Waals surface area contributed by atoms with Gasteiger partial charge in [-0.2, -0.15) is 0 Å². The summed E-state index contributed by atoms with van der Waals surface area (Å²) in [4.78, 5) is 4.68. The Morgan fingerprint density at radius 2 is 1.28 bits per heavy atom. The van der Waals surface area contributed by atoms with Crippen LogP contribution in [0.1, 0.15) is 18.1 Å². The van der Waals surface area contributed by atoms with E-state index < -0.39 is 0 Å². The first kappa shape index (κ1) is 20.2. The molecule has 3 rings (SSSR count). The van der Waals surface area contributed by atoms with Gasteiger partial charge in [0.2, 0.25) is 5.90 Å². The van der Waals surface area contributed by atoms with Gasteiger partial charge in [0.25, 0.3) is 0 Å². The van der Waals surface area contributed by atoms with Crippen LogP contribution in [0.5, 0.6) is 11.5 Å². The van der Waals surface area contributed by atoms with E-state index in [2.05, 4.69) is 4.99 Å². The van der Waals surface area contributed by atoms with Crippen molar-refractivity contribution in [3.8, 4) is 11.5 Å². The van der Waals surface area contributed by atoms with Crippen molar-refractivity contribution >= 4 is 17.2 Å². The number of para-hydroxylation sites is 1. The van der Waals surface area contributed by atoms with Gasteiger partial charge in [-0.1, -0.05) is 42.5 Å². The summed E-state index contributed by atoms with van der Waals surface area (Å²) < 4.78 is 16.4. The Morgan fingerprint density at radius 1 is 0.759 bits per heavy atom. The van der Waals surface area contributed by atoms with Gasteiger partial charge < -0.3 is 14.2 Å². The fraction of sp³-hybridized carbons (Fsp3) is 0.160. The monoisotopic (exact) mass is 387 g/mol. The lowest BCUT2D eigenvalue weighted by atomic mass is 9.97. The van der Waals surface area contributed by atoms with Crippen molar-refractivity contribution in [2.24, 2.45) is 4.99 Å². The molecule has 0 atom stereocenters. The normalized spacial score (nSPS) is 10.9. The molecule has 0 unspecified atom stereocenters. The summed E-state index contributed by atoms with van der Waals surface area (Å²) in [6.07, 6.45) is 1.97. The molecule has 3 aromatic rings. The molecular weight excluding hydrogens is 362 g/mol. The van der Waals surface area contributed by atoms with Crippen molar-refractivity contribution in [3.63, 3.8) is 0 Å². The standard InChI is InChI=1S/C25H25NO3/c1-4-29-25(26-21-8-6-5-7-9-21)18-24(19-10-14-22(27-2)15-11-19)20-12-16-23(28-3)17-13-20/h5-18H,4H2,1-3H3. The fourth-order valence-corrected chi connectivity index (χ4v) is 2.88. The Kier molecular flexibility index (Phi) is 7.06. The maximum Gasteiger partial charge on any atom is 0.214 e. The van der Waals surface area contributed by atoms with E-state index in [0.29, 0.717) is 12.5 Å². The number of ether oxygens (including phenoxy) is 3. The molecule has 4 heteroatoms. The van der Waals surface area contributed by atoms with Crippen LogP contribution in [0.15, 0.2) is 89.9 Å². The Labute approximate surface area is 172 Å². The van der Waals surface area contributed by atoms with Gasteiger partial charge in [0, 0.05) is 6.08 Å². The van der Waals surface area contributed by atoms with Crippen molar-refractivity contribution < 1.29 is 14.2 Å². The van der Waals surface area contributed by atoms with E-state index in [1.165, 1.54) is 0 Å². The highest BCUT2D eigenvalue weighted by Crippen LogP contribution is 2.27. The molecule has 29 heavy (non-hydrogen) atoms. The minimum Gasteiger partial charge on any atom is -0.497 e. The molecule has 0 heterocycles. The Morgan fingerprint density at radius 3 is 1.72 bits per heavy atom. The van der Waals surface area contributed by atoms with E-state index in [0.717, 1.165) is 33.9 Å². The predicted octanol–water partition coefficient (Wildman–Crippen LogP) is 5.90. The number of hydrogen-bond acceptors (Lipinski definition) is 4. The summed E-state index contributed by atoms with van der Waals surface area (Å²) in [5, 5.41) is 0. The van der Waals surface area contributed by atoms with Gasteiger partial charge in [-0.3, -0.25) is 0 Å². The summed E-state index contributed by atoms with van der Waals surface area (Å²) in [5.41, 5.74) is 3.92. The SMILES string of the molecule is CCOC(C=C(c1ccc(OC)cc1)c1ccc(OC)cc1)=Nc1ccccc1. The van der Waals surface area contributed by atoms with Gasteiger partial charge in [0.15, 0.2) is 0 Å². The molecular formula is C25H25NO3. The zero-order chi connectivity index (χ0) is 20.5. The third kappa shape index (κ3) is 5.48. The minimum absolute atomic E-state index is 0.528. The van der Waals surface area contributed by atoms with E-state index in [1.807, 2.05) is 91.9 Å². The lowest BCUT2D eigenvalue weighted by molar-refractivity contribution is 0.330. The van der Waals surface area contributed by atoms with Crippen LogP contribution < -0.4 is 9.47 Å². The zero-order valence-electron chi connectivity index (χ0n) is 17.0. The number of aliphatic imine (C=N–C) groups is 1. The van der Waals surface area contributed by atoms with Gasteiger partial charge in [0.05, 0.1) is 26.5 Å². The highest BCUT2D eigenvalue weighted by Gasteiger charge is 2.09. The summed E-state index contributed by atoms with van der Waals surface area (Å²) in [6, 6.07) is 25.7. The number of rotatable bonds is 7. The van der Waals surface area contributed by atoms with E-state index >= 15 is 0 Å². The molecule has 0 radical (unpaired) electrons. The average molecular weight is 387 g/mol. The van der Waals surface area contributed by atoms with E-state index in [-0.39, 0.29) is 0 Å². The first-order chi connectivity index (χ1) is 14.2. The molecule has 0 aromatic heterocycles. The van der Waals surface area contributed by atoms with E-state index in [1.54, 1.807) is 14.2 Å². The van der Waals surface area contributed by atoms with Gasteiger partial charge in [-0.05, 0) is 60.0 Å². The van der Waals surface area contributed by atoms with Gasteiger partial charge in [0.1, 0.15) is 11.5 Å². The van der Waals surface area contributed by atoms with Crippen molar-refractivity contribution in [1.29, 1.82) is 0 Å². The Hall–Kier alpha value is -3.53. The number of methoxy groups -OCH3 is 2. The molecule has 3 aromatic carbocycles. The number of hydrogen-bond donors (Lipinski definition) is 0. The molecule has 0 N–H and O–H groups in total. The maximum absolute atomic E-state index is 5.83. The third-order valence-corrected chi connectivity index (χ3v) is 4.36. The largest absolute Gasteiger partial charge is 0.497 e. The van der Waals surface area contributed by atoms with Gasteiger partial charge in [-0.15, -0.1) is 0 Å². The Balaban J connectivity index is 2.09. The quantitative estimate of drug-likeness (QED) is 0.374. The van der Waals surface area contributed by atoms with Crippen LogP contribution in [-0.4, -0.2) is 26.7 Å². The van der Waals surface area contributed by atoms with Crippen LogP contribution in [0.4, 0.5) is 5.69 Å². The maximum atomic E-state index is 5.83. The van der Waals surface area contributed by atoms with E-state index in [4.69, 9.17) is 14.2 Å². The molecule has 0 aliphatic heterocycles. The van der Waals surface area contributed by atoms with Crippen LogP contribution in [-0.2, 0) is 4.74 Å². The lowest BCUT2D eigenvalue weighted by Crippen LogP contribution is -2.03. The second kappa shape index (κ2) is 10.1. The van der Waals surface area contributed by atoms with E-state index in [9.17, 15) is 0 Å². The molecule has 0 aliphatic rings. The highest BCUT2D eigenvalue weighted by atomic mass is 16.5. The fourth-order valence-electron chi connectivity index (χ4n) is 2.88. The van der Waals surface area contributed by atoms with Gasteiger partial charge >= 0.3 is 0 Å². The first-order valence-corrected chi connectivity index (χ1v) is 9.50. The molecule has 0 fully saturated rings. The smallest absolute Gasteiger partial charge is 0.214 e.